The minimum atomic E-state index is 0.390. The third-order valence-electron chi connectivity index (χ3n) is 3.62. The predicted molar refractivity (Wildman–Crippen MR) is 83.5 cm³/mol. The lowest BCUT2D eigenvalue weighted by Crippen LogP contribution is -2.31. The van der Waals surface area contributed by atoms with Crippen molar-refractivity contribution >= 4 is 10.8 Å². The van der Waals surface area contributed by atoms with Gasteiger partial charge in [0, 0.05) is 12.6 Å². The van der Waals surface area contributed by atoms with E-state index in [1.54, 1.807) is 0 Å². The number of fused-ring (bicyclic) bond motifs is 1. The number of rotatable bonds is 6. The van der Waals surface area contributed by atoms with Crippen molar-refractivity contribution in [2.24, 2.45) is 0 Å². The Labute approximate surface area is 116 Å². The van der Waals surface area contributed by atoms with Crippen LogP contribution in [0, 0.1) is 0 Å². The molecular formula is C17H24N2. The van der Waals surface area contributed by atoms with Crippen LogP contribution in [0.2, 0.25) is 0 Å². The first-order valence-electron chi connectivity index (χ1n) is 7.09. The predicted octanol–water partition coefficient (Wildman–Crippen LogP) is 3.44. The highest BCUT2D eigenvalue weighted by Gasteiger charge is 2.11. The van der Waals surface area contributed by atoms with E-state index in [-0.39, 0.29) is 0 Å². The topological polar surface area (TPSA) is 15.3 Å². The van der Waals surface area contributed by atoms with E-state index in [1.807, 2.05) is 7.05 Å². The van der Waals surface area contributed by atoms with Crippen LogP contribution >= 0.6 is 0 Å². The molecule has 2 aromatic rings. The van der Waals surface area contributed by atoms with Gasteiger partial charge in [-0.05, 0) is 49.5 Å². The van der Waals surface area contributed by atoms with Gasteiger partial charge in [-0.1, -0.05) is 43.3 Å². The maximum absolute atomic E-state index is 3.43. The van der Waals surface area contributed by atoms with Crippen molar-refractivity contribution in [3.63, 3.8) is 0 Å². The van der Waals surface area contributed by atoms with Crippen LogP contribution in [0.1, 0.15) is 24.9 Å². The minimum absolute atomic E-state index is 0.390. The average molecular weight is 256 g/mol. The lowest BCUT2D eigenvalue weighted by atomic mass is 10.0. The fourth-order valence-corrected chi connectivity index (χ4v) is 2.57. The molecule has 2 nitrogen and oxygen atoms in total. The third-order valence-corrected chi connectivity index (χ3v) is 3.62. The molecule has 0 fully saturated rings. The van der Waals surface area contributed by atoms with Crippen molar-refractivity contribution in [2.45, 2.75) is 19.4 Å². The molecule has 0 aliphatic heterocycles. The molecule has 0 aromatic heterocycles. The molecule has 2 heteroatoms. The molecule has 0 bridgehead atoms. The summed E-state index contributed by atoms with van der Waals surface area (Å²) in [5.74, 6) is 0. The van der Waals surface area contributed by atoms with E-state index in [4.69, 9.17) is 0 Å². The van der Waals surface area contributed by atoms with Crippen molar-refractivity contribution in [1.29, 1.82) is 0 Å². The smallest absolute Gasteiger partial charge is 0.0446 e. The molecule has 0 aliphatic carbocycles. The van der Waals surface area contributed by atoms with Gasteiger partial charge >= 0.3 is 0 Å². The first-order valence-corrected chi connectivity index (χ1v) is 7.09. The summed E-state index contributed by atoms with van der Waals surface area (Å²) >= 11 is 0. The minimum Gasteiger partial charge on any atom is -0.312 e. The zero-order chi connectivity index (χ0) is 13.7. The molecule has 102 valence electrons. The van der Waals surface area contributed by atoms with Crippen LogP contribution in [-0.2, 0) is 0 Å². The lowest BCUT2D eigenvalue weighted by molar-refractivity contribution is 0.297. The highest BCUT2D eigenvalue weighted by Crippen LogP contribution is 2.20. The molecule has 0 radical (unpaired) electrons. The molecule has 0 saturated carbocycles. The average Bonchev–Trinajstić information content (AvgIpc) is 2.44. The molecule has 0 heterocycles. The Morgan fingerprint density at radius 3 is 2.53 bits per heavy atom. The van der Waals surface area contributed by atoms with Crippen molar-refractivity contribution in [3.05, 3.63) is 48.0 Å². The fourth-order valence-electron chi connectivity index (χ4n) is 2.57. The summed E-state index contributed by atoms with van der Waals surface area (Å²) < 4.78 is 0. The lowest BCUT2D eigenvalue weighted by Gasteiger charge is -2.24. The normalized spacial score (nSPS) is 13.1. The van der Waals surface area contributed by atoms with Crippen molar-refractivity contribution in [3.8, 4) is 0 Å². The Hall–Kier alpha value is -1.38. The molecule has 2 aromatic carbocycles. The first-order chi connectivity index (χ1) is 9.24. The van der Waals surface area contributed by atoms with Crippen LogP contribution in [0.15, 0.2) is 42.5 Å². The molecule has 0 saturated heterocycles. The summed E-state index contributed by atoms with van der Waals surface area (Å²) in [6.45, 7) is 4.41. The molecule has 0 amide bonds. The Balaban J connectivity index is 2.20. The van der Waals surface area contributed by atoms with Crippen LogP contribution in [0.3, 0.4) is 0 Å². The van der Waals surface area contributed by atoms with Gasteiger partial charge in [-0.25, -0.2) is 0 Å². The van der Waals surface area contributed by atoms with Crippen LogP contribution < -0.4 is 5.32 Å². The summed E-state index contributed by atoms with van der Waals surface area (Å²) in [4.78, 5) is 2.39. The standard InChI is InChI=1S/C17H24N2/c1-4-11-19(3)13-17(18-2)16-10-9-14-7-5-6-8-15(14)12-16/h5-10,12,17-18H,4,11,13H2,1-3H3. The van der Waals surface area contributed by atoms with Gasteiger partial charge in [-0.2, -0.15) is 0 Å². The Morgan fingerprint density at radius 2 is 1.84 bits per heavy atom. The molecule has 1 unspecified atom stereocenters. The number of hydrogen-bond acceptors (Lipinski definition) is 2. The maximum atomic E-state index is 3.43. The Kier molecular flexibility index (Phi) is 4.94. The zero-order valence-electron chi connectivity index (χ0n) is 12.2. The van der Waals surface area contributed by atoms with Gasteiger partial charge in [0.1, 0.15) is 0 Å². The summed E-state index contributed by atoms with van der Waals surface area (Å²) in [6.07, 6.45) is 1.20. The number of likely N-dealkylation sites (N-methyl/N-ethyl adjacent to an activating group) is 2. The molecular weight excluding hydrogens is 232 g/mol. The Morgan fingerprint density at radius 1 is 1.11 bits per heavy atom. The summed E-state index contributed by atoms with van der Waals surface area (Å²) in [7, 11) is 4.23. The van der Waals surface area contributed by atoms with E-state index in [0.717, 1.165) is 13.1 Å². The highest BCUT2D eigenvalue weighted by molar-refractivity contribution is 5.83. The molecule has 0 aliphatic rings. The number of hydrogen-bond donors (Lipinski definition) is 1. The molecule has 2 rings (SSSR count). The van der Waals surface area contributed by atoms with E-state index < -0.39 is 0 Å². The number of benzene rings is 2. The van der Waals surface area contributed by atoms with Crippen LogP contribution in [0.5, 0.6) is 0 Å². The quantitative estimate of drug-likeness (QED) is 0.851. The maximum Gasteiger partial charge on any atom is 0.0446 e. The second-order valence-corrected chi connectivity index (χ2v) is 5.21. The van der Waals surface area contributed by atoms with Crippen molar-refractivity contribution in [1.82, 2.24) is 10.2 Å². The summed E-state index contributed by atoms with van der Waals surface area (Å²) in [5, 5.41) is 6.06. The second-order valence-electron chi connectivity index (χ2n) is 5.21. The van der Waals surface area contributed by atoms with Gasteiger partial charge in [0.2, 0.25) is 0 Å². The van der Waals surface area contributed by atoms with Crippen molar-refractivity contribution < 1.29 is 0 Å². The van der Waals surface area contributed by atoms with Gasteiger partial charge in [-0.15, -0.1) is 0 Å². The SMILES string of the molecule is CCCN(C)CC(NC)c1ccc2ccccc2c1. The van der Waals surface area contributed by atoms with Gasteiger partial charge < -0.3 is 10.2 Å². The highest BCUT2D eigenvalue weighted by atomic mass is 15.1. The van der Waals surface area contributed by atoms with Crippen molar-refractivity contribution in [2.75, 3.05) is 27.2 Å². The first kappa shape index (κ1) is 14.0. The van der Waals surface area contributed by atoms with E-state index in [1.165, 1.54) is 22.8 Å². The van der Waals surface area contributed by atoms with Gasteiger partial charge in [0.05, 0.1) is 0 Å². The van der Waals surface area contributed by atoms with Gasteiger partial charge in [0.25, 0.3) is 0 Å². The van der Waals surface area contributed by atoms with E-state index in [9.17, 15) is 0 Å². The molecule has 1 N–H and O–H groups in total. The third kappa shape index (κ3) is 3.55. The van der Waals surface area contributed by atoms with Gasteiger partial charge in [-0.3, -0.25) is 0 Å². The van der Waals surface area contributed by atoms with Crippen LogP contribution in [-0.4, -0.2) is 32.1 Å². The van der Waals surface area contributed by atoms with Gasteiger partial charge in [0.15, 0.2) is 0 Å². The fraction of sp³-hybridized carbons (Fsp3) is 0.412. The summed E-state index contributed by atoms with van der Waals surface area (Å²) in [5.41, 5.74) is 1.36. The van der Waals surface area contributed by atoms with E-state index in [0.29, 0.717) is 6.04 Å². The van der Waals surface area contributed by atoms with E-state index in [2.05, 4.69) is 66.7 Å². The zero-order valence-corrected chi connectivity index (χ0v) is 12.2. The largest absolute Gasteiger partial charge is 0.312 e. The van der Waals surface area contributed by atoms with Crippen LogP contribution in [0.4, 0.5) is 0 Å². The van der Waals surface area contributed by atoms with Crippen LogP contribution in [0.25, 0.3) is 10.8 Å². The molecule has 1 atom stereocenters. The summed E-state index contributed by atoms with van der Waals surface area (Å²) in [6, 6.07) is 15.7. The monoisotopic (exact) mass is 256 g/mol. The Bertz CT molecular complexity index is 521. The second kappa shape index (κ2) is 6.69. The molecule has 19 heavy (non-hydrogen) atoms. The molecule has 0 spiro atoms. The number of nitrogens with zero attached hydrogens (tertiary/aromatic N) is 1. The number of nitrogens with one attached hydrogen (secondary N) is 1. The van der Waals surface area contributed by atoms with E-state index >= 15 is 0 Å².